The highest BCUT2D eigenvalue weighted by molar-refractivity contribution is 6.04. The van der Waals surface area contributed by atoms with Crippen LogP contribution in [0.1, 0.15) is 40.9 Å². The number of rotatable bonds is 7. The van der Waals surface area contributed by atoms with Gasteiger partial charge in [-0.3, -0.25) is 5.10 Å². The summed E-state index contributed by atoms with van der Waals surface area (Å²) in [4.78, 5) is 0. The Kier molecular flexibility index (Phi) is 5.32. The number of aromatic amines is 1. The Morgan fingerprint density at radius 3 is 2.30 bits per heavy atom. The average Bonchev–Trinajstić information content (AvgIpc) is 3.63. The SMILES string of the molecule is COc1cc(C2(c3ccccc3)C=Cc3c(/C(=N/O)C4CC4)n[nH]c3C2)cc(OC)c1OC. The van der Waals surface area contributed by atoms with Gasteiger partial charge in [0.05, 0.1) is 21.3 Å². The maximum atomic E-state index is 9.60. The maximum absolute atomic E-state index is 9.60. The third-order valence-electron chi connectivity index (χ3n) is 6.66. The van der Waals surface area contributed by atoms with Gasteiger partial charge in [-0.05, 0) is 36.1 Å². The van der Waals surface area contributed by atoms with Crippen molar-refractivity contribution in [2.45, 2.75) is 24.7 Å². The van der Waals surface area contributed by atoms with Crippen LogP contribution < -0.4 is 14.2 Å². The number of H-pyrrole nitrogens is 1. The minimum absolute atomic E-state index is 0.284. The highest BCUT2D eigenvalue weighted by Gasteiger charge is 2.40. The molecular weight excluding hydrogens is 418 g/mol. The number of fused-ring (bicyclic) bond motifs is 1. The van der Waals surface area contributed by atoms with Gasteiger partial charge in [0.25, 0.3) is 0 Å². The van der Waals surface area contributed by atoms with E-state index >= 15 is 0 Å². The number of allylic oxidation sites excluding steroid dienone is 1. The Balaban J connectivity index is 1.68. The van der Waals surface area contributed by atoms with Crippen LogP contribution in [0.4, 0.5) is 0 Å². The lowest BCUT2D eigenvalue weighted by Gasteiger charge is -2.35. The van der Waals surface area contributed by atoms with E-state index in [2.05, 4.69) is 39.6 Å². The minimum Gasteiger partial charge on any atom is -0.493 e. The highest BCUT2D eigenvalue weighted by Crippen LogP contribution is 2.47. The summed E-state index contributed by atoms with van der Waals surface area (Å²) in [7, 11) is 4.85. The zero-order valence-corrected chi connectivity index (χ0v) is 19.0. The maximum Gasteiger partial charge on any atom is 0.203 e. The molecule has 170 valence electrons. The molecule has 0 spiro atoms. The Hall–Kier alpha value is -3.74. The van der Waals surface area contributed by atoms with Crippen LogP contribution in [0.5, 0.6) is 17.2 Å². The van der Waals surface area contributed by atoms with E-state index in [1.54, 1.807) is 21.3 Å². The molecule has 5 rings (SSSR count). The fraction of sp³-hybridized carbons (Fsp3) is 0.308. The highest BCUT2D eigenvalue weighted by atomic mass is 16.5. The molecule has 2 aliphatic carbocycles. The molecule has 1 fully saturated rings. The number of benzene rings is 2. The lowest BCUT2D eigenvalue weighted by molar-refractivity contribution is 0.317. The molecular formula is C26H27N3O4. The van der Waals surface area contributed by atoms with Gasteiger partial charge in [-0.2, -0.15) is 5.10 Å². The van der Waals surface area contributed by atoms with Crippen LogP contribution in [0.15, 0.2) is 53.7 Å². The molecule has 7 nitrogen and oxygen atoms in total. The van der Waals surface area contributed by atoms with Crippen molar-refractivity contribution in [2.75, 3.05) is 21.3 Å². The molecule has 2 aromatic carbocycles. The Morgan fingerprint density at radius 1 is 1.03 bits per heavy atom. The van der Waals surface area contributed by atoms with Gasteiger partial charge in [0.15, 0.2) is 11.5 Å². The fourth-order valence-corrected chi connectivity index (χ4v) is 4.78. The van der Waals surface area contributed by atoms with Gasteiger partial charge in [-0.25, -0.2) is 0 Å². The number of nitrogens with zero attached hydrogens (tertiary/aromatic N) is 2. The van der Waals surface area contributed by atoms with E-state index < -0.39 is 5.41 Å². The molecule has 0 bridgehead atoms. The summed E-state index contributed by atoms with van der Waals surface area (Å²) in [6.07, 6.45) is 7.00. The second-order valence-electron chi connectivity index (χ2n) is 8.49. The largest absolute Gasteiger partial charge is 0.493 e. The van der Waals surface area contributed by atoms with Crippen molar-refractivity contribution >= 4 is 11.8 Å². The molecule has 1 unspecified atom stereocenters. The molecule has 1 aromatic heterocycles. The average molecular weight is 446 g/mol. The lowest BCUT2D eigenvalue weighted by Crippen LogP contribution is -2.31. The molecule has 2 aliphatic rings. The summed E-state index contributed by atoms with van der Waals surface area (Å²) in [6.45, 7) is 0. The quantitative estimate of drug-likeness (QED) is 0.316. The van der Waals surface area contributed by atoms with Gasteiger partial charge in [0, 0.05) is 29.0 Å². The third kappa shape index (κ3) is 3.44. The molecule has 2 N–H and O–H groups in total. The first-order chi connectivity index (χ1) is 16.1. The molecule has 0 radical (unpaired) electrons. The van der Waals surface area contributed by atoms with Crippen LogP contribution in [0.2, 0.25) is 0 Å². The van der Waals surface area contributed by atoms with E-state index in [4.69, 9.17) is 14.2 Å². The lowest BCUT2D eigenvalue weighted by atomic mass is 9.68. The Bertz CT molecular complexity index is 1200. The van der Waals surface area contributed by atoms with E-state index in [1.165, 1.54) is 0 Å². The van der Waals surface area contributed by atoms with E-state index in [1.807, 2.05) is 30.3 Å². The van der Waals surface area contributed by atoms with Crippen molar-refractivity contribution in [1.29, 1.82) is 0 Å². The Labute approximate surface area is 192 Å². The topological polar surface area (TPSA) is 89.0 Å². The van der Waals surface area contributed by atoms with Crippen LogP contribution >= 0.6 is 0 Å². The van der Waals surface area contributed by atoms with Gasteiger partial charge in [0.1, 0.15) is 11.4 Å². The number of ether oxygens (including phenoxy) is 3. The van der Waals surface area contributed by atoms with Crippen molar-refractivity contribution in [3.8, 4) is 17.2 Å². The van der Waals surface area contributed by atoms with E-state index in [9.17, 15) is 5.21 Å². The first-order valence-corrected chi connectivity index (χ1v) is 11.0. The molecule has 1 atom stereocenters. The van der Waals surface area contributed by atoms with Crippen LogP contribution in [0.3, 0.4) is 0 Å². The van der Waals surface area contributed by atoms with Crippen LogP contribution in [-0.4, -0.2) is 42.4 Å². The van der Waals surface area contributed by atoms with Crippen molar-refractivity contribution in [3.63, 3.8) is 0 Å². The minimum atomic E-state index is -0.485. The number of nitrogens with one attached hydrogen (secondary N) is 1. The smallest absolute Gasteiger partial charge is 0.203 e. The first-order valence-electron chi connectivity index (χ1n) is 11.0. The standard InChI is InChI=1S/C26H27N3O4/c1-31-21-13-18(14-22(32-2)25(21)33-3)26(17-7-5-4-6-8-17)12-11-19-20(15-26)27-28-24(19)23(29-30)16-9-10-16/h4-8,11-14,16,30H,9-10,15H2,1-3H3,(H,27,28)/b29-23+. The normalized spacial score (nSPS) is 19.8. The van der Waals surface area contributed by atoms with Crippen LogP contribution in [0, 0.1) is 5.92 Å². The second-order valence-corrected chi connectivity index (χ2v) is 8.49. The molecule has 0 amide bonds. The van der Waals surface area contributed by atoms with Crippen molar-refractivity contribution in [2.24, 2.45) is 11.1 Å². The zero-order chi connectivity index (χ0) is 23.0. The second kappa shape index (κ2) is 8.31. The Morgan fingerprint density at radius 2 is 1.73 bits per heavy atom. The molecule has 7 heteroatoms. The molecule has 0 aliphatic heterocycles. The van der Waals surface area contributed by atoms with Crippen molar-refractivity contribution in [3.05, 3.63) is 76.6 Å². The predicted molar refractivity (Wildman–Crippen MR) is 126 cm³/mol. The molecule has 0 saturated heterocycles. The van der Waals surface area contributed by atoms with E-state index in [0.29, 0.717) is 29.4 Å². The summed E-state index contributed by atoms with van der Waals surface area (Å²) >= 11 is 0. The van der Waals surface area contributed by atoms with Crippen molar-refractivity contribution in [1.82, 2.24) is 10.2 Å². The molecule has 1 heterocycles. The molecule has 3 aromatic rings. The fourth-order valence-electron chi connectivity index (χ4n) is 4.78. The number of methoxy groups -OCH3 is 3. The van der Waals surface area contributed by atoms with Crippen LogP contribution in [0.25, 0.3) is 6.08 Å². The third-order valence-corrected chi connectivity index (χ3v) is 6.66. The number of oxime groups is 1. The molecule has 1 saturated carbocycles. The number of hydrogen-bond donors (Lipinski definition) is 2. The number of aromatic nitrogens is 2. The van der Waals surface area contributed by atoms with Crippen LogP contribution in [-0.2, 0) is 11.8 Å². The summed E-state index contributed by atoms with van der Waals surface area (Å²) in [6, 6.07) is 14.4. The predicted octanol–water partition coefficient (Wildman–Crippen LogP) is 4.58. The summed E-state index contributed by atoms with van der Waals surface area (Å²) in [5, 5.41) is 20.9. The summed E-state index contributed by atoms with van der Waals surface area (Å²) in [5.41, 5.74) is 5.03. The first kappa shape index (κ1) is 21.1. The number of hydrogen-bond acceptors (Lipinski definition) is 6. The van der Waals surface area contributed by atoms with Gasteiger partial charge >= 0.3 is 0 Å². The summed E-state index contributed by atoms with van der Waals surface area (Å²) < 4.78 is 16.8. The van der Waals surface area contributed by atoms with Gasteiger partial charge in [-0.15, -0.1) is 0 Å². The van der Waals surface area contributed by atoms with E-state index in [0.717, 1.165) is 40.9 Å². The van der Waals surface area contributed by atoms with Crippen molar-refractivity contribution < 1.29 is 19.4 Å². The van der Waals surface area contributed by atoms with E-state index in [-0.39, 0.29) is 5.92 Å². The van der Waals surface area contributed by atoms with Gasteiger partial charge in [0.2, 0.25) is 5.75 Å². The zero-order valence-electron chi connectivity index (χ0n) is 19.0. The van der Waals surface area contributed by atoms with Gasteiger partial charge < -0.3 is 19.4 Å². The molecule has 33 heavy (non-hydrogen) atoms. The monoisotopic (exact) mass is 445 g/mol. The van der Waals surface area contributed by atoms with Gasteiger partial charge in [-0.1, -0.05) is 47.6 Å². The summed E-state index contributed by atoms with van der Waals surface area (Å²) in [5.74, 6) is 2.06.